The largest absolute Gasteiger partial charge is 0.419 e. The van der Waals surface area contributed by atoms with Gasteiger partial charge in [0.2, 0.25) is 0 Å². The van der Waals surface area contributed by atoms with Gasteiger partial charge in [0.25, 0.3) is 0 Å². The van der Waals surface area contributed by atoms with Gasteiger partial charge in [-0.2, -0.15) is 13.2 Å². The SMILES string of the molecule is Cl.NCc1ccc(-c2cccc(C(F)(F)F)c2F)cc1. The fourth-order valence-electron chi connectivity index (χ4n) is 1.79. The molecule has 1 nitrogen and oxygen atoms in total. The van der Waals surface area contributed by atoms with Crippen molar-refractivity contribution in [2.45, 2.75) is 12.7 Å². The van der Waals surface area contributed by atoms with Crippen molar-refractivity contribution >= 4 is 12.4 Å². The van der Waals surface area contributed by atoms with Crippen LogP contribution >= 0.6 is 12.4 Å². The second kappa shape index (κ2) is 6.24. The van der Waals surface area contributed by atoms with Crippen molar-refractivity contribution in [3.05, 3.63) is 59.4 Å². The zero-order valence-electron chi connectivity index (χ0n) is 10.2. The molecule has 0 aromatic heterocycles. The summed E-state index contributed by atoms with van der Waals surface area (Å²) >= 11 is 0. The monoisotopic (exact) mass is 305 g/mol. The molecule has 0 amide bonds. The van der Waals surface area contributed by atoms with E-state index >= 15 is 0 Å². The maximum atomic E-state index is 13.9. The molecule has 0 spiro atoms. The van der Waals surface area contributed by atoms with Gasteiger partial charge in [0, 0.05) is 12.1 Å². The van der Waals surface area contributed by atoms with Crippen LogP contribution in [-0.4, -0.2) is 0 Å². The smallest absolute Gasteiger partial charge is 0.326 e. The average molecular weight is 306 g/mol. The van der Waals surface area contributed by atoms with E-state index in [2.05, 4.69) is 0 Å². The van der Waals surface area contributed by atoms with Crippen LogP contribution in [0.1, 0.15) is 11.1 Å². The van der Waals surface area contributed by atoms with Crippen molar-refractivity contribution in [1.82, 2.24) is 0 Å². The van der Waals surface area contributed by atoms with Crippen molar-refractivity contribution in [1.29, 1.82) is 0 Å². The molecule has 0 fully saturated rings. The van der Waals surface area contributed by atoms with Crippen LogP contribution in [0.3, 0.4) is 0 Å². The highest BCUT2D eigenvalue weighted by atomic mass is 35.5. The Kier molecular flexibility index (Phi) is 5.14. The highest BCUT2D eigenvalue weighted by Gasteiger charge is 2.34. The standard InChI is InChI=1S/C14H11F4N.ClH/c15-13-11(2-1-3-12(13)14(16,17)18)10-6-4-9(8-19)5-7-10;/h1-7H,8,19H2;1H. The highest BCUT2D eigenvalue weighted by molar-refractivity contribution is 5.85. The molecule has 0 heterocycles. The first-order valence-corrected chi connectivity index (χ1v) is 5.58. The van der Waals surface area contributed by atoms with Gasteiger partial charge in [0.1, 0.15) is 5.82 Å². The van der Waals surface area contributed by atoms with E-state index in [1.165, 1.54) is 12.1 Å². The predicted molar refractivity (Wildman–Crippen MR) is 72.0 cm³/mol. The molecule has 20 heavy (non-hydrogen) atoms. The van der Waals surface area contributed by atoms with E-state index in [9.17, 15) is 17.6 Å². The first kappa shape index (κ1) is 16.5. The Morgan fingerprint density at radius 3 is 2.05 bits per heavy atom. The molecule has 2 rings (SSSR count). The van der Waals surface area contributed by atoms with E-state index in [0.717, 1.165) is 11.6 Å². The molecule has 0 aliphatic rings. The topological polar surface area (TPSA) is 26.0 Å². The van der Waals surface area contributed by atoms with Gasteiger partial charge >= 0.3 is 6.18 Å². The summed E-state index contributed by atoms with van der Waals surface area (Å²) in [6, 6.07) is 9.68. The summed E-state index contributed by atoms with van der Waals surface area (Å²) < 4.78 is 51.7. The molecule has 2 aromatic rings. The van der Waals surface area contributed by atoms with E-state index in [4.69, 9.17) is 5.73 Å². The fourth-order valence-corrected chi connectivity index (χ4v) is 1.79. The van der Waals surface area contributed by atoms with Gasteiger partial charge in [0.05, 0.1) is 5.56 Å². The minimum absolute atomic E-state index is 0. The molecule has 0 unspecified atom stereocenters. The lowest BCUT2D eigenvalue weighted by atomic mass is 10.0. The molecule has 6 heteroatoms. The number of rotatable bonds is 2. The summed E-state index contributed by atoms with van der Waals surface area (Å²) in [6.07, 6.45) is -4.70. The molecule has 2 N–H and O–H groups in total. The summed E-state index contributed by atoms with van der Waals surface area (Å²) in [5.41, 5.74) is 5.32. The van der Waals surface area contributed by atoms with Gasteiger partial charge < -0.3 is 5.73 Å². The van der Waals surface area contributed by atoms with Crippen LogP contribution in [0, 0.1) is 5.82 Å². The van der Waals surface area contributed by atoms with E-state index in [1.807, 2.05) is 0 Å². The van der Waals surface area contributed by atoms with E-state index in [-0.39, 0.29) is 18.0 Å². The molecule has 2 aromatic carbocycles. The Morgan fingerprint density at radius 2 is 1.55 bits per heavy atom. The molecule has 0 aliphatic carbocycles. The number of hydrogen-bond donors (Lipinski definition) is 1. The molecule has 0 radical (unpaired) electrons. The average Bonchev–Trinajstić information content (AvgIpc) is 2.38. The molecular weight excluding hydrogens is 294 g/mol. The zero-order chi connectivity index (χ0) is 14.0. The molecular formula is C14H12ClF4N. The van der Waals surface area contributed by atoms with Gasteiger partial charge in [-0.1, -0.05) is 36.4 Å². The van der Waals surface area contributed by atoms with Crippen molar-refractivity contribution in [2.75, 3.05) is 0 Å². The van der Waals surface area contributed by atoms with Gasteiger partial charge in [-0.15, -0.1) is 12.4 Å². The molecule has 0 bridgehead atoms. The Morgan fingerprint density at radius 1 is 0.950 bits per heavy atom. The number of halogens is 5. The van der Waals surface area contributed by atoms with Gasteiger partial charge in [0.15, 0.2) is 0 Å². The van der Waals surface area contributed by atoms with Crippen molar-refractivity contribution < 1.29 is 17.6 Å². The summed E-state index contributed by atoms with van der Waals surface area (Å²) in [7, 11) is 0. The van der Waals surface area contributed by atoms with Crippen molar-refractivity contribution in [3.63, 3.8) is 0 Å². The second-order valence-corrected chi connectivity index (χ2v) is 4.07. The van der Waals surface area contributed by atoms with Crippen LogP contribution in [0.15, 0.2) is 42.5 Å². The lowest BCUT2D eigenvalue weighted by Crippen LogP contribution is -2.08. The van der Waals surface area contributed by atoms with Crippen LogP contribution in [0.25, 0.3) is 11.1 Å². The molecule has 108 valence electrons. The van der Waals surface area contributed by atoms with E-state index < -0.39 is 17.6 Å². The van der Waals surface area contributed by atoms with Crippen LogP contribution in [0.4, 0.5) is 17.6 Å². The summed E-state index contributed by atoms with van der Waals surface area (Å²) in [5.74, 6) is -1.25. The maximum Gasteiger partial charge on any atom is 0.419 e. The predicted octanol–water partition coefficient (Wildman–Crippen LogP) is 4.39. The first-order chi connectivity index (χ1) is 8.93. The summed E-state index contributed by atoms with van der Waals surface area (Å²) in [5, 5.41) is 0. The quantitative estimate of drug-likeness (QED) is 0.818. The molecule has 0 saturated carbocycles. The summed E-state index contributed by atoms with van der Waals surface area (Å²) in [4.78, 5) is 0. The first-order valence-electron chi connectivity index (χ1n) is 5.58. The highest BCUT2D eigenvalue weighted by Crippen LogP contribution is 2.35. The third-order valence-corrected chi connectivity index (χ3v) is 2.80. The molecule has 0 aliphatic heterocycles. The van der Waals surface area contributed by atoms with Gasteiger partial charge in [-0.25, -0.2) is 4.39 Å². The third kappa shape index (κ3) is 3.29. The van der Waals surface area contributed by atoms with Crippen molar-refractivity contribution in [3.8, 4) is 11.1 Å². The number of nitrogens with two attached hydrogens (primary N) is 1. The number of hydrogen-bond acceptors (Lipinski definition) is 1. The van der Waals surface area contributed by atoms with Crippen molar-refractivity contribution in [2.24, 2.45) is 5.73 Å². The van der Waals surface area contributed by atoms with Gasteiger partial charge in [-0.05, 0) is 17.2 Å². The van der Waals surface area contributed by atoms with E-state index in [0.29, 0.717) is 12.1 Å². The fraction of sp³-hybridized carbons (Fsp3) is 0.143. The lowest BCUT2D eigenvalue weighted by molar-refractivity contribution is -0.139. The van der Waals surface area contributed by atoms with Crippen LogP contribution in [0.2, 0.25) is 0 Å². The Hall–Kier alpha value is -1.59. The maximum absolute atomic E-state index is 13.9. The minimum atomic E-state index is -4.70. The minimum Gasteiger partial charge on any atom is -0.326 e. The van der Waals surface area contributed by atoms with Crippen LogP contribution in [0.5, 0.6) is 0 Å². The van der Waals surface area contributed by atoms with E-state index in [1.54, 1.807) is 24.3 Å². The van der Waals surface area contributed by atoms with Crippen LogP contribution < -0.4 is 5.73 Å². The normalized spacial score (nSPS) is 11.1. The second-order valence-electron chi connectivity index (χ2n) is 4.07. The van der Waals surface area contributed by atoms with Crippen LogP contribution in [-0.2, 0) is 12.7 Å². The Labute approximate surface area is 119 Å². The number of alkyl halides is 3. The van der Waals surface area contributed by atoms with Gasteiger partial charge in [-0.3, -0.25) is 0 Å². The summed E-state index contributed by atoms with van der Waals surface area (Å²) in [6.45, 7) is 0.325. The lowest BCUT2D eigenvalue weighted by Gasteiger charge is -2.11. The number of benzene rings is 2. The molecule has 0 atom stereocenters. The third-order valence-electron chi connectivity index (χ3n) is 2.80. The zero-order valence-corrected chi connectivity index (χ0v) is 11.1. The Balaban J connectivity index is 0.00000200. The molecule has 0 saturated heterocycles. The Bertz CT molecular complexity index is 579.